The topological polar surface area (TPSA) is 55.4 Å². The standard InChI is InChI=1S/C17H21ClFNO3/c1-10-4-3-5-15(11(10)2)20-16(21)9-23-17(22)13-7-6-12(19)8-14(13)18/h6-8,10-11,15H,3-5,9H2,1-2H3,(H,20,21)/t10-,11+,15-/m1/s1. The molecule has 6 heteroatoms. The molecule has 0 bridgehead atoms. The molecule has 1 N–H and O–H groups in total. The van der Waals surface area contributed by atoms with Crippen molar-refractivity contribution in [2.45, 2.75) is 39.2 Å². The van der Waals surface area contributed by atoms with Crippen molar-refractivity contribution in [3.63, 3.8) is 0 Å². The molecule has 0 saturated heterocycles. The highest BCUT2D eigenvalue weighted by atomic mass is 35.5. The number of hydrogen-bond donors (Lipinski definition) is 1. The molecule has 0 unspecified atom stereocenters. The molecule has 1 aliphatic rings. The first-order valence-electron chi connectivity index (χ1n) is 7.80. The molecule has 3 atom stereocenters. The Balaban J connectivity index is 1.85. The van der Waals surface area contributed by atoms with E-state index in [1.807, 2.05) is 0 Å². The summed E-state index contributed by atoms with van der Waals surface area (Å²) in [4.78, 5) is 23.8. The minimum absolute atomic E-state index is 0.0369. The Morgan fingerprint density at radius 2 is 2.09 bits per heavy atom. The second kappa shape index (κ2) is 7.77. The smallest absolute Gasteiger partial charge is 0.340 e. The van der Waals surface area contributed by atoms with Gasteiger partial charge in [0.2, 0.25) is 0 Å². The lowest BCUT2D eigenvalue weighted by Crippen LogP contribution is -2.45. The molecule has 1 aromatic carbocycles. The molecule has 0 aromatic heterocycles. The van der Waals surface area contributed by atoms with Gasteiger partial charge < -0.3 is 10.1 Å². The summed E-state index contributed by atoms with van der Waals surface area (Å²) in [6, 6.07) is 3.50. The summed E-state index contributed by atoms with van der Waals surface area (Å²) in [6.07, 6.45) is 3.20. The van der Waals surface area contributed by atoms with Gasteiger partial charge in [0.05, 0.1) is 10.6 Å². The molecule has 1 fully saturated rings. The Bertz CT molecular complexity index is 593. The lowest BCUT2D eigenvalue weighted by atomic mass is 9.78. The van der Waals surface area contributed by atoms with Gasteiger partial charge in [0.1, 0.15) is 5.82 Å². The zero-order valence-electron chi connectivity index (χ0n) is 13.3. The van der Waals surface area contributed by atoms with Crippen molar-refractivity contribution in [3.8, 4) is 0 Å². The van der Waals surface area contributed by atoms with Crippen molar-refractivity contribution >= 4 is 23.5 Å². The predicted molar refractivity (Wildman–Crippen MR) is 85.8 cm³/mol. The summed E-state index contributed by atoms with van der Waals surface area (Å²) >= 11 is 5.79. The second-order valence-electron chi connectivity index (χ2n) is 6.14. The Morgan fingerprint density at radius 1 is 1.35 bits per heavy atom. The highest BCUT2D eigenvalue weighted by Crippen LogP contribution is 2.29. The van der Waals surface area contributed by atoms with E-state index in [0.29, 0.717) is 11.8 Å². The number of hydrogen-bond acceptors (Lipinski definition) is 3. The van der Waals surface area contributed by atoms with Crippen LogP contribution >= 0.6 is 11.6 Å². The number of amides is 1. The van der Waals surface area contributed by atoms with Crippen molar-refractivity contribution in [1.82, 2.24) is 5.32 Å². The summed E-state index contributed by atoms with van der Waals surface area (Å²) in [5, 5.41) is 2.88. The SMILES string of the molecule is C[C@H]1[C@H](C)CCC[C@H]1NC(=O)COC(=O)c1ccc(F)cc1Cl. The molecule has 1 aromatic rings. The van der Waals surface area contributed by atoms with Crippen LogP contribution in [0.5, 0.6) is 0 Å². The van der Waals surface area contributed by atoms with E-state index in [4.69, 9.17) is 16.3 Å². The van der Waals surface area contributed by atoms with Gasteiger partial charge in [-0.1, -0.05) is 38.3 Å². The lowest BCUT2D eigenvalue weighted by molar-refractivity contribution is -0.125. The molecular weight excluding hydrogens is 321 g/mol. The van der Waals surface area contributed by atoms with Crippen LogP contribution in [-0.4, -0.2) is 24.5 Å². The maximum absolute atomic E-state index is 13.0. The molecule has 0 heterocycles. The van der Waals surface area contributed by atoms with Gasteiger partial charge in [-0.25, -0.2) is 9.18 Å². The van der Waals surface area contributed by atoms with Crippen LogP contribution in [0.2, 0.25) is 5.02 Å². The van der Waals surface area contributed by atoms with E-state index in [9.17, 15) is 14.0 Å². The Hall–Kier alpha value is -1.62. The van der Waals surface area contributed by atoms with Crippen LogP contribution in [0.15, 0.2) is 18.2 Å². The van der Waals surface area contributed by atoms with Crippen molar-refractivity contribution in [2.24, 2.45) is 11.8 Å². The summed E-state index contributed by atoms with van der Waals surface area (Å²) < 4.78 is 17.9. The largest absolute Gasteiger partial charge is 0.452 e. The van der Waals surface area contributed by atoms with E-state index in [-0.39, 0.29) is 29.1 Å². The summed E-state index contributed by atoms with van der Waals surface area (Å²) in [5.41, 5.74) is 0.0422. The minimum atomic E-state index is -0.741. The zero-order valence-corrected chi connectivity index (χ0v) is 14.0. The fourth-order valence-electron chi connectivity index (χ4n) is 2.90. The van der Waals surface area contributed by atoms with E-state index >= 15 is 0 Å². The Morgan fingerprint density at radius 3 is 2.78 bits per heavy atom. The van der Waals surface area contributed by atoms with Gasteiger partial charge in [0, 0.05) is 6.04 Å². The van der Waals surface area contributed by atoms with Crippen molar-refractivity contribution in [2.75, 3.05) is 6.61 Å². The van der Waals surface area contributed by atoms with Crippen molar-refractivity contribution in [1.29, 1.82) is 0 Å². The van der Waals surface area contributed by atoms with Gasteiger partial charge in [0.15, 0.2) is 6.61 Å². The van der Waals surface area contributed by atoms with Gasteiger partial charge >= 0.3 is 5.97 Å². The molecule has 4 nitrogen and oxygen atoms in total. The molecule has 1 amide bonds. The highest BCUT2D eigenvalue weighted by Gasteiger charge is 2.28. The number of carbonyl (C=O) groups excluding carboxylic acids is 2. The number of carbonyl (C=O) groups is 2. The molecule has 0 aliphatic heterocycles. The zero-order chi connectivity index (χ0) is 17.0. The van der Waals surface area contributed by atoms with Crippen LogP contribution in [0.3, 0.4) is 0 Å². The lowest BCUT2D eigenvalue weighted by Gasteiger charge is -2.34. The number of halogens is 2. The van der Waals surface area contributed by atoms with Crippen LogP contribution in [0.4, 0.5) is 4.39 Å². The van der Waals surface area contributed by atoms with Crippen molar-refractivity contribution < 1.29 is 18.7 Å². The van der Waals surface area contributed by atoms with Gasteiger partial charge in [0.25, 0.3) is 5.91 Å². The fraction of sp³-hybridized carbons (Fsp3) is 0.529. The fourth-order valence-corrected chi connectivity index (χ4v) is 3.14. The molecular formula is C17H21ClFNO3. The molecule has 126 valence electrons. The van der Waals surface area contributed by atoms with E-state index in [2.05, 4.69) is 19.2 Å². The van der Waals surface area contributed by atoms with E-state index in [0.717, 1.165) is 25.0 Å². The third-order valence-electron chi connectivity index (χ3n) is 4.54. The van der Waals surface area contributed by atoms with E-state index < -0.39 is 11.8 Å². The third kappa shape index (κ3) is 4.67. The average molecular weight is 342 g/mol. The maximum Gasteiger partial charge on any atom is 0.340 e. The molecule has 1 saturated carbocycles. The summed E-state index contributed by atoms with van der Waals surface area (Å²) in [7, 11) is 0. The van der Waals surface area contributed by atoms with E-state index in [1.54, 1.807) is 0 Å². The monoisotopic (exact) mass is 341 g/mol. The van der Waals surface area contributed by atoms with Gasteiger partial charge in [-0.05, 0) is 36.5 Å². The molecule has 0 spiro atoms. The summed E-state index contributed by atoms with van der Waals surface area (Å²) in [6.45, 7) is 3.93. The molecule has 0 radical (unpaired) electrons. The number of benzene rings is 1. The number of ether oxygens (including phenoxy) is 1. The molecule has 23 heavy (non-hydrogen) atoms. The Labute approximate surface area is 140 Å². The van der Waals surface area contributed by atoms with Crippen LogP contribution in [0.1, 0.15) is 43.5 Å². The van der Waals surface area contributed by atoms with Crippen molar-refractivity contribution in [3.05, 3.63) is 34.6 Å². The van der Waals surface area contributed by atoms with Gasteiger partial charge in [-0.2, -0.15) is 0 Å². The predicted octanol–water partition coefficient (Wildman–Crippen LogP) is 3.58. The average Bonchev–Trinajstić information content (AvgIpc) is 2.49. The second-order valence-corrected chi connectivity index (χ2v) is 6.55. The van der Waals surface area contributed by atoms with Crippen LogP contribution in [-0.2, 0) is 9.53 Å². The van der Waals surface area contributed by atoms with Crippen LogP contribution in [0.25, 0.3) is 0 Å². The van der Waals surface area contributed by atoms with E-state index in [1.165, 1.54) is 12.5 Å². The number of esters is 1. The quantitative estimate of drug-likeness (QED) is 0.852. The first-order chi connectivity index (χ1) is 10.9. The van der Waals surface area contributed by atoms with Crippen LogP contribution in [0, 0.1) is 17.7 Å². The number of rotatable bonds is 4. The minimum Gasteiger partial charge on any atom is -0.452 e. The molecule has 1 aliphatic carbocycles. The van der Waals surface area contributed by atoms with Gasteiger partial charge in [-0.15, -0.1) is 0 Å². The highest BCUT2D eigenvalue weighted by molar-refractivity contribution is 6.33. The number of nitrogens with one attached hydrogen (secondary N) is 1. The maximum atomic E-state index is 13.0. The summed E-state index contributed by atoms with van der Waals surface area (Å²) in [5.74, 6) is -0.646. The normalized spacial score (nSPS) is 24.1. The first-order valence-corrected chi connectivity index (χ1v) is 8.18. The van der Waals surface area contributed by atoms with Gasteiger partial charge in [-0.3, -0.25) is 4.79 Å². The first kappa shape index (κ1) is 17.7. The Kier molecular flexibility index (Phi) is 5.99. The third-order valence-corrected chi connectivity index (χ3v) is 4.85. The molecule has 2 rings (SSSR count). The van der Waals surface area contributed by atoms with Crippen LogP contribution < -0.4 is 5.32 Å².